The van der Waals surface area contributed by atoms with Crippen molar-refractivity contribution in [3.63, 3.8) is 0 Å². The Kier molecular flexibility index (Phi) is 6.10. The highest BCUT2D eigenvalue weighted by Crippen LogP contribution is 2.44. The van der Waals surface area contributed by atoms with Gasteiger partial charge in [-0.3, -0.25) is 4.98 Å². The summed E-state index contributed by atoms with van der Waals surface area (Å²) < 4.78 is 0. The molecule has 0 aliphatic rings. The van der Waals surface area contributed by atoms with Gasteiger partial charge in [0.2, 0.25) is 0 Å². The van der Waals surface area contributed by atoms with Crippen LogP contribution in [-0.2, 0) is 5.41 Å². The highest BCUT2D eigenvalue weighted by molar-refractivity contribution is 6.21. The Hall–Kier alpha value is -5.26. The molecule has 200 valence electrons. The molecule has 1 heterocycles. The smallest absolute Gasteiger partial charge is 0.101 e. The van der Waals surface area contributed by atoms with Crippen LogP contribution in [0.2, 0.25) is 0 Å². The van der Waals surface area contributed by atoms with Gasteiger partial charge in [0.05, 0.1) is 5.56 Å². The molecule has 0 aliphatic carbocycles. The summed E-state index contributed by atoms with van der Waals surface area (Å²) in [7, 11) is 0. The summed E-state index contributed by atoms with van der Waals surface area (Å²) in [5.74, 6) is 0. The third-order valence-electron chi connectivity index (χ3n) is 8.30. The van der Waals surface area contributed by atoms with E-state index in [1.165, 1.54) is 54.7 Å². The van der Waals surface area contributed by atoms with Crippen molar-refractivity contribution < 1.29 is 0 Å². The zero-order valence-corrected chi connectivity index (χ0v) is 24.0. The van der Waals surface area contributed by atoms with Crippen molar-refractivity contribution in [2.45, 2.75) is 26.2 Å². The normalized spacial score (nSPS) is 11.7. The van der Waals surface area contributed by atoms with Gasteiger partial charge in [-0.15, -0.1) is 0 Å². The second-order valence-electron chi connectivity index (χ2n) is 12.0. The number of hydrogen-bond donors (Lipinski definition) is 0. The SMILES string of the molecule is CC(C)(C)c1ccc(-c2c3ccccc3c(-c3ccc4cc(-c5cncc(C#N)c5)ccc4c3)c3ccccc23)cc1. The van der Waals surface area contributed by atoms with Crippen LogP contribution in [0, 0.1) is 11.3 Å². The van der Waals surface area contributed by atoms with Crippen LogP contribution in [0.15, 0.2) is 128 Å². The van der Waals surface area contributed by atoms with Gasteiger partial charge in [0.25, 0.3) is 0 Å². The monoisotopic (exact) mass is 538 g/mol. The van der Waals surface area contributed by atoms with Gasteiger partial charge in [-0.25, -0.2) is 0 Å². The number of rotatable bonds is 3. The minimum absolute atomic E-state index is 0.112. The summed E-state index contributed by atoms with van der Waals surface area (Å²) in [4.78, 5) is 4.24. The van der Waals surface area contributed by atoms with Crippen LogP contribution in [0.25, 0.3) is 65.7 Å². The standard InChI is InChI=1S/C40H30N2/c1-40(2,3)33-18-16-27(17-19-33)38-34-8-4-6-10-36(34)39(37-11-7-5-9-35(37)38)31-15-14-28-21-30(13-12-29(28)22-31)32-20-26(23-41)24-42-25-32/h4-22,24-25H,1-3H3. The lowest BCUT2D eigenvalue weighted by atomic mass is 9.83. The Bertz CT molecular complexity index is 2120. The molecule has 0 amide bonds. The molecule has 0 unspecified atom stereocenters. The maximum absolute atomic E-state index is 9.30. The largest absolute Gasteiger partial charge is 0.263 e. The minimum atomic E-state index is 0.112. The fourth-order valence-electron chi connectivity index (χ4n) is 6.13. The average Bonchev–Trinajstić information content (AvgIpc) is 3.02. The zero-order valence-electron chi connectivity index (χ0n) is 24.0. The molecule has 2 nitrogen and oxygen atoms in total. The number of fused-ring (bicyclic) bond motifs is 3. The van der Waals surface area contributed by atoms with Crippen LogP contribution in [0.3, 0.4) is 0 Å². The Morgan fingerprint density at radius 3 is 1.57 bits per heavy atom. The Labute approximate surface area is 246 Å². The molecule has 0 spiro atoms. The van der Waals surface area contributed by atoms with E-state index in [0.29, 0.717) is 5.56 Å². The van der Waals surface area contributed by atoms with Crippen LogP contribution in [0.5, 0.6) is 0 Å². The second kappa shape index (κ2) is 9.98. The second-order valence-corrected chi connectivity index (χ2v) is 12.0. The number of pyridine rings is 1. The lowest BCUT2D eigenvalue weighted by molar-refractivity contribution is 0.590. The van der Waals surface area contributed by atoms with Crippen molar-refractivity contribution in [3.8, 4) is 39.4 Å². The summed E-state index contributed by atoms with van der Waals surface area (Å²) in [6.45, 7) is 6.78. The van der Waals surface area contributed by atoms with Crippen LogP contribution in [-0.4, -0.2) is 4.98 Å². The predicted molar refractivity (Wildman–Crippen MR) is 176 cm³/mol. The van der Waals surface area contributed by atoms with Crippen molar-refractivity contribution >= 4 is 32.3 Å². The molecule has 6 aromatic carbocycles. The van der Waals surface area contributed by atoms with Crippen LogP contribution in [0.4, 0.5) is 0 Å². The van der Waals surface area contributed by atoms with Crippen LogP contribution >= 0.6 is 0 Å². The van der Waals surface area contributed by atoms with Gasteiger partial charge in [-0.2, -0.15) is 5.26 Å². The van der Waals surface area contributed by atoms with E-state index in [1.54, 1.807) is 6.20 Å². The van der Waals surface area contributed by atoms with Gasteiger partial charge >= 0.3 is 0 Å². The van der Waals surface area contributed by atoms with Gasteiger partial charge in [0, 0.05) is 18.0 Å². The van der Waals surface area contributed by atoms with Crippen LogP contribution in [0.1, 0.15) is 31.9 Å². The first-order chi connectivity index (χ1) is 20.4. The van der Waals surface area contributed by atoms with E-state index in [4.69, 9.17) is 0 Å². The molecule has 0 aliphatic heterocycles. The van der Waals surface area contributed by atoms with Crippen molar-refractivity contribution in [2.24, 2.45) is 0 Å². The molecular formula is C40H30N2. The van der Waals surface area contributed by atoms with E-state index in [2.05, 4.69) is 141 Å². The number of benzene rings is 6. The van der Waals surface area contributed by atoms with Gasteiger partial charge in [0.1, 0.15) is 6.07 Å². The number of aromatic nitrogens is 1. The van der Waals surface area contributed by atoms with E-state index in [1.807, 2.05) is 12.3 Å². The molecule has 0 fully saturated rings. The average molecular weight is 539 g/mol. The lowest BCUT2D eigenvalue weighted by Gasteiger charge is -2.21. The molecule has 7 rings (SSSR count). The summed E-state index contributed by atoms with van der Waals surface area (Å²) >= 11 is 0. The van der Waals surface area contributed by atoms with Crippen molar-refractivity contribution in [3.05, 3.63) is 139 Å². The van der Waals surface area contributed by atoms with Crippen molar-refractivity contribution in [2.75, 3.05) is 0 Å². The van der Waals surface area contributed by atoms with E-state index in [9.17, 15) is 5.26 Å². The van der Waals surface area contributed by atoms with E-state index in [-0.39, 0.29) is 5.41 Å². The first-order valence-electron chi connectivity index (χ1n) is 14.3. The Morgan fingerprint density at radius 2 is 1.02 bits per heavy atom. The molecule has 0 saturated heterocycles. The number of hydrogen-bond acceptors (Lipinski definition) is 2. The molecule has 2 heteroatoms. The zero-order chi connectivity index (χ0) is 28.8. The highest BCUT2D eigenvalue weighted by Gasteiger charge is 2.18. The van der Waals surface area contributed by atoms with Gasteiger partial charge < -0.3 is 0 Å². The quantitative estimate of drug-likeness (QED) is 0.210. The molecular weight excluding hydrogens is 508 g/mol. The molecule has 0 N–H and O–H groups in total. The van der Waals surface area contributed by atoms with Crippen molar-refractivity contribution in [1.29, 1.82) is 5.26 Å². The van der Waals surface area contributed by atoms with E-state index >= 15 is 0 Å². The van der Waals surface area contributed by atoms with Gasteiger partial charge in [-0.05, 0) is 89.3 Å². The Morgan fingerprint density at radius 1 is 0.524 bits per heavy atom. The third-order valence-corrected chi connectivity index (χ3v) is 8.30. The third kappa shape index (κ3) is 4.41. The summed E-state index contributed by atoms with van der Waals surface area (Å²) in [5.41, 5.74) is 8.99. The minimum Gasteiger partial charge on any atom is -0.263 e. The van der Waals surface area contributed by atoms with Gasteiger partial charge in [-0.1, -0.05) is 118 Å². The molecule has 1 aromatic heterocycles. The first-order valence-corrected chi connectivity index (χ1v) is 14.3. The maximum atomic E-state index is 9.30. The first kappa shape index (κ1) is 25.7. The summed E-state index contributed by atoms with van der Waals surface area (Å²) in [5, 5.41) is 16.7. The molecule has 7 aromatic rings. The van der Waals surface area contributed by atoms with E-state index < -0.39 is 0 Å². The molecule has 0 saturated carbocycles. The molecule has 0 atom stereocenters. The Balaban J connectivity index is 1.42. The maximum Gasteiger partial charge on any atom is 0.101 e. The fourth-order valence-corrected chi connectivity index (χ4v) is 6.13. The summed E-state index contributed by atoms with van der Waals surface area (Å²) in [6, 6.07) is 44.0. The van der Waals surface area contributed by atoms with Gasteiger partial charge in [0.15, 0.2) is 0 Å². The predicted octanol–water partition coefficient (Wildman–Crippen LogP) is 10.7. The fraction of sp³-hybridized carbons (Fsp3) is 0.100. The van der Waals surface area contributed by atoms with Crippen molar-refractivity contribution in [1.82, 2.24) is 4.98 Å². The topological polar surface area (TPSA) is 36.7 Å². The van der Waals surface area contributed by atoms with E-state index in [0.717, 1.165) is 16.5 Å². The van der Waals surface area contributed by atoms with Crippen LogP contribution < -0.4 is 0 Å². The highest BCUT2D eigenvalue weighted by atomic mass is 14.6. The lowest BCUT2D eigenvalue weighted by Crippen LogP contribution is -2.10. The molecule has 0 bridgehead atoms. The molecule has 42 heavy (non-hydrogen) atoms. The number of nitriles is 1. The molecule has 0 radical (unpaired) electrons. The summed E-state index contributed by atoms with van der Waals surface area (Å²) in [6.07, 6.45) is 3.41. The number of nitrogens with zero attached hydrogens (tertiary/aromatic N) is 2.